The number of amides is 1. The molecule has 0 unspecified atom stereocenters. The molecule has 1 aromatic heterocycles. The van der Waals surface area contributed by atoms with Gasteiger partial charge in [-0.05, 0) is 43.9 Å². The highest BCUT2D eigenvalue weighted by Crippen LogP contribution is 2.49. The number of fused-ring (bicyclic) bond motifs is 2. The first-order valence-electron chi connectivity index (χ1n) is 8.01. The molecule has 116 valence electrons. The van der Waals surface area contributed by atoms with Crippen LogP contribution in [-0.4, -0.2) is 21.7 Å². The molecular weight excluding hydrogens is 286 g/mol. The van der Waals surface area contributed by atoms with Gasteiger partial charge in [0.15, 0.2) is 0 Å². The normalized spacial score (nSPS) is 30.3. The molecule has 1 amide bonds. The molecular formula is C16H24ClN3O. The molecule has 2 aliphatic rings. The predicted octanol–water partition coefficient (Wildman–Crippen LogP) is 3.11. The zero-order valence-corrected chi connectivity index (χ0v) is 13.5. The summed E-state index contributed by atoms with van der Waals surface area (Å²) in [5.74, 6) is 2.46. The average molecular weight is 310 g/mol. The number of aromatic nitrogens is 2. The van der Waals surface area contributed by atoms with E-state index in [1.54, 1.807) is 17.1 Å². The van der Waals surface area contributed by atoms with E-state index in [2.05, 4.69) is 17.3 Å². The van der Waals surface area contributed by atoms with E-state index in [1.807, 2.05) is 6.92 Å². The van der Waals surface area contributed by atoms with E-state index in [9.17, 15) is 4.79 Å². The van der Waals surface area contributed by atoms with Crippen LogP contribution in [0.5, 0.6) is 0 Å². The number of carbonyl (C=O) groups is 1. The van der Waals surface area contributed by atoms with Crippen molar-refractivity contribution in [2.45, 2.75) is 52.1 Å². The van der Waals surface area contributed by atoms with Gasteiger partial charge in [-0.25, -0.2) is 0 Å². The number of nitrogens with one attached hydrogen (secondary N) is 1. The summed E-state index contributed by atoms with van der Waals surface area (Å²) < 4.78 is 1.73. The summed E-state index contributed by atoms with van der Waals surface area (Å²) in [6.07, 6.45) is 8.80. The molecule has 2 bridgehead atoms. The van der Waals surface area contributed by atoms with Gasteiger partial charge in [0, 0.05) is 12.2 Å². The van der Waals surface area contributed by atoms with Crippen molar-refractivity contribution in [3.05, 3.63) is 17.4 Å². The zero-order valence-electron chi connectivity index (χ0n) is 12.8. The van der Waals surface area contributed by atoms with Crippen molar-refractivity contribution in [3.8, 4) is 0 Å². The van der Waals surface area contributed by atoms with Crippen molar-refractivity contribution < 1.29 is 4.79 Å². The first-order valence-corrected chi connectivity index (χ1v) is 8.39. The second-order valence-corrected chi connectivity index (χ2v) is 7.35. The zero-order chi connectivity index (χ0) is 15.0. The van der Waals surface area contributed by atoms with E-state index in [0.717, 1.165) is 11.8 Å². The van der Waals surface area contributed by atoms with Gasteiger partial charge in [0.05, 0.1) is 23.7 Å². The molecule has 0 radical (unpaired) electrons. The molecule has 0 aromatic carbocycles. The Labute approximate surface area is 131 Å². The molecule has 0 aliphatic heterocycles. The van der Waals surface area contributed by atoms with Gasteiger partial charge in [-0.2, -0.15) is 5.10 Å². The Morgan fingerprint density at radius 1 is 1.48 bits per heavy atom. The molecule has 5 atom stereocenters. The summed E-state index contributed by atoms with van der Waals surface area (Å²) in [5.41, 5.74) is 0. The van der Waals surface area contributed by atoms with E-state index in [-0.39, 0.29) is 17.9 Å². The number of halogens is 1. The minimum absolute atomic E-state index is 0.0954. The number of hydrogen-bond donors (Lipinski definition) is 1. The van der Waals surface area contributed by atoms with E-state index in [1.165, 1.54) is 25.7 Å². The van der Waals surface area contributed by atoms with E-state index in [4.69, 9.17) is 11.6 Å². The smallest absolute Gasteiger partial charge is 0.224 e. The summed E-state index contributed by atoms with van der Waals surface area (Å²) >= 11 is 5.85. The summed E-state index contributed by atoms with van der Waals surface area (Å²) in [4.78, 5) is 12.3. The Morgan fingerprint density at radius 2 is 2.29 bits per heavy atom. The van der Waals surface area contributed by atoms with Gasteiger partial charge in [0.1, 0.15) is 0 Å². The SMILES string of the molecule is C[C@H](Cn1cc(Cl)cn1)C(=O)N[C@H](C)[C@H]1C[C@H]2CC[C@H]1C2. The molecule has 0 spiro atoms. The lowest BCUT2D eigenvalue weighted by Crippen LogP contribution is -2.43. The summed E-state index contributed by atoms with van der Waals surface area (Å²) in [6, 6.07) is 0.288. The fourth-order valence-electron chi connectivity index (χ4n) is 4.18. The van der Waals surface area contributed by atoms with Crippen LogP contribution >= 0.6 is 11.6 Å². The Bertz CT molecular complexity index is 515. The summed E-state index contributed by atoms with van der Waals surface area (Å²) in [6.45, 7) is 4.68. The fourth-order valence-corrected chi connectivity index (χ4v) is 4.34. The van der Waals surface area contributed by atoms with Gasteiger partial charge in [0.2, 0.25) is 5.91 Å². The van der Waals surface area contributed by atoms with Crippen molar-refractivity contribution in [1.29, 1.82) is 0 Å². The summed E-state index contributed by atoms with van der Waals surface area (Å²) in [5, 5.41) is 7.96. The molecule has 1 heterocycles. The Balaban J connectivity index is 1.51. The molecule has 2 saturated carbocycles. The van der Waals surface area contributed by atoms with Gasteiger partial charge in [-0.3, -0.25) is 9.48 Å². The van der Waals surface area contributed by atoms with Crippen LogP contribution in [0.4, 0.5) is 0 Å². The van der Waals surface area contributed by atoms with Crippen LogP contribution < -0.4 is 5.32 Å². The second kappa shape index (κ2) is 5.99. The van der Waals surface area contributed by atoms with Crippen LogP contribution in [0, 0.1) is 23.7 Å². The molecule has 3 rings (SSSR count). The largest absolute Gasteiger partial charge is 0.353 e. The van der Waals surface area contributed by atoms with E-state index in [0.29, 0.717) is 17.5 Å². The number of nitrogens with zero attached hydrogens (tertiary/aromatic N) is 2. The maximum Gasteiger partial charge on any atom is 0.224 e. The monoisotopic (exact) mass is 309 g/mol. The van der Waals surface area contributed by atoms with Crippen LogP contribution in [0.1, 0.15) is 39.5 Å². The second-order valence-electron chi connectivity index (χ2n) is 6.92. The first-order chi connectivity index (χ1) is 10.0. The molecule has 0 saturated heterocycles. The molecule has 5 heteroatoms. The molecule has 21 heavy (non-hydrogen) atoms. The molecule has 2 fully saturated rings. The minimum Gasteiger partial charge on any atom is -0.353 e. The van der Waals surface area contributed by atoms with Crippen LogP contribution in [0.25, 0.3) is 0 Å². The third-order valence-electron chi connectivity index (χ3n) is 5.32. The van der Waals surface area contributed by atoms with Gasteiger partial charge >= 0.3 is 0 Å². The van der Waals surface area contributed by atoms with Gasteiger partial charge in [0.25, 0.3) is 0 Å². The van der Waals surface area contributed by atoms with Crippen molar-refractivity contribution in [2.24, 2.45) is 23.7 Å². The highest BCUT2D eigenvalue weighted by Gasteiger charge is 2.42. The number of rotatable bonds is 5. The minimum atomic E-state index is -0.0954. The first kappa shape index (κ1) is 14.9. The van der Waals surface area contributed by atoms with Gasteiger partial charge < -0.3 is 5.32 Å². The Kier molecular flexibility index (Phi) is 4.25. The molecule has 1 N–H and O–H groups in total. The van der Waals surface area contributed by atoms with Crippen molar-refractivity contribution >= 4 is 17.5 Å². The van der Waals surface area contributed by atoms with Crippen molar-refractivity contribution in [1.82, 2.24) is 15.1 Å². The molecule has 2 aliphatic carbocycles. The number of hydrogen-bond acceptors (Lipinski definition) is 2. The highest BCUT2D eigenvalue weighted by atomic mass is 35.5. The maximum atomic E-state index is 12.3. The summed E-state index contributed by atoms with van der Waals surface area (Å²) in [7, 11) is 0. The lowest BCUT2D eigenvalue weighted by Gasteiger charge is -2.29. The predicted molar refractivity (Wildman–Crippen MR) is 82.9 cm³/mol. The average Bonchev–Trinajstić information content (AvgIpc) is 3.15. The third kappa shape index (κ3) is 3.25. The fraction of sp³-hybridized carbons (Fsp3) is 0.750. The molecule has 4 nitrogen and oxygen atoms in total. The number of carbonyl (C=O) groups excluding carboxylic acids is 1. The third-order valence-corrected chi connectivity index (χ3v) is 5.51. The maximum absolute atomic E-state index is 12.3. The van der Waals surface area contributed by atoms with Crippen LogP contribution in [0.2, 0.25) is 5.02 Å². The van der Waals surface area contributed by atoms with Crippen LogP contribution in [0.3, 0.4) is 0 Å². The Morgan fingerprint density at radius 3 is 2.86 bits per heavy atom. The van der Waals surface area contributed by atoms with E-state index < -0.39 is 0 Å². The Hall–Kier alpha value is -1.03. The van der Waals surface area contributed by atoms with E-state index >= 15 is 0 Å². The standard InChI is InChI=1S/C16H24ClN3O/c1-10(8-20-9-14(17)7-18-20)16(21)19-11(2)15-6-12-3-4-13(15)5-12/h7,9-13,15H,3-6,8H2,1-2H3,(H,19,21)/t10-,11-,12+,13+,15-/m1/s1. The van der Waals surface area contributed by atoms with Gasteiger partial charge in [-0.1, -0.05) is 24.9 Å². The van der Waals surface area contributed by atoms with Crippen LogP contribution in [0.15, 0.2) is 12.4 Å². The van der Waals surface area contributed by atoms with Crippen molar-refractivity contribution in [3.63, 3.8) is 0 Å². The lowest BCUT2D eigenvalue weighted by molar-refractivity contribution is -0.126. The lowest BCUT2D eigenvalue weighted by atomic mass is 9.84. The van der Waals surface area contributed by atoms with Crippen molar-refractivity contribution in [2.75, 3.05) is 0 Å². The highest BCUT2D eigenvalue weighted by molar-refractivity contribution is 6.30. The quantitative estimate of drug-likeness (QED) is 0.908. The van der Waals surface area contributed by atoms with Gasteiger partial charge in [-0.15, -0.1) is 0 Å². The van der Waals surface area contributed by atoms with Crippen LogP contribution in [-0.2, 0) is 11.3 Å². The topological polar surface area (TPSA) is 46.9 Å². The molecule has 1 aromatic rings.